The number of aliphatic imine (C=N–C) groups is 1. The molecular weight excluding hydrogens is 518 g/mol. The van der Waals surface area contributed by atoms with Crippen molar-refractivity contribution in [2.24, 2.45) is 4.99 Å². The molecule has 0 aromatic heterocycles. The van der Waals surface area contributed by atoms with E-state index in [0.29, 0.717) is 23.6 Å². The molecule has 2 N–H and O–H groups in total. The molecule has 1 heterocycles. The first-order valence-electron chi connectivity index (χ1n) is 9.80. The molecular formula is C22H25F3IN5. The molecule has 0 aliphatic carbocycles. The summed E-state index contributed by atoms with van der Waals surface area (Å²) in [4.78, 5) is 6.39. The van der Waals surface area contributed by atoms with Gasteiger partial charge in [-0.25, -0.2) is 13.2 Å². The number of piperidine rings is 1. The zero-order valence-corrected chi connectivity index (χ0v) is 19.5. The summed E-state index contributed by atoms with van der Waals surface area (Å²) in [6.07, 6.45) is 1.73. The second-order valence-corrected chi connectivity index (χ2v) is 7.29. The first-order valence-corrected chi connectivity index (χ1v) is 9.80. The van der Waals surface area contributed by atoms with Crippen LogP contribution >= 0.6 is 24.0 Å². The summed E-state index contributed by atoms with van der Waals surface area (Å²) in [6, 6.07) is 10.5. The highest BCUT2D eigenvalue weighted by Crippen LogP contribution is 2.16. The van der Waals surface area contributed by atoms with E-state index in [0.717, 1.165) is 37.6 Å². The van der Waals surface area contributed by atoms with E-state index < -0.39 is 11.6 Å². The minimum absolute atomic E-state index is 0. The van der Waals surface area contributed by atoms with Gasteiger partial charge in [0.1, 0.15) is 5.82 Å². The van der Waals surface area contributed by atoms with E-state index >= 15 is 0 Å². The Balaban J connectivity index is 0.00000341. The average Bonchev–Trinajstić information content (AvgIpc) is 2.76. The van der Waals surface area contributed by atoms with Crippen molar-refractivity contribution in [3.8, 4) is 6.07 Å². The van der Waals surface area contributed by atoms with Gasteiger partial charge in [0, 0.05) is 44.8 Å². The van der Waals surface area contributed by atoms with Crippen molar-refractivity contribution < 1.29 is 13.2 Å². The lowest BCUT2D eigenvalue weighted by Crippen LogP contribution is -2.48. The van der Waals surface area contributed by atoms with Crippen molar-refractivity contribution in [2.45, 2.75) is 32.0 Å². The third kappa shape index (κ3) is 7.11. The average molecular weight is 543 g/mol. The molecule has 0 bridgehead atoms. The van der Waals surface area contributed by atoms with E-state index in [9.17, 15) is 13.2 Å². The van der Waals surface area contributed by atoms with E-state index in [2.05, 4.69) is 20.5 Å². The molecule has 1 aliphatic heterocycles. The van der Waals surface area contributed by atoms with Crippen LogP contribution in [0.2, 0.25) is 0 Å². The summed E-state index contributed by atoms with van der Waals surface area (Å²) in [6.45, 7) is 2.42. The molecule has 0 saturated carbocycles. The van der Waals surface area contributed by atoms with Gasteiger partial charge in [0.25, 0.3) is 0 Å². The minimum Gasteiger partial charge on any atom is -0.354 e. The monoisotopic (exact) mass is 543 g/mol. The smallest absolute Gasteiger partial charge is 0.191 e. The zero-order chi connectivity index (χ0) is 21.5. The van der Waals surface area contributed by atoms with Crippen LogP contribution in [0.25, 0.3) is 0 Å². The molecule has 1 saturated heterocycles. The van der Waals surface area contributed by atoms with Crippen LogP contribution < -0.4 is 10.6 Å². The van der Waals surface area contributed by atoms with Crippen molar-refractivity contribution in [3.63, 3.8) is 0 Å². The van der Waals surface area contributed by atoms with E-state index in [1.54, 1.807) is 13.1 Å². The van der Waals surface area contributed by atoms with Crippen LogP contribution in [-0.4, -0.2) is 37.0 Å². The Morgan fingerprint density at radius 3 is 2.45 bits per heavy atom. The number of hydrogen-bond donors (Lipinski definition) is 2. The van der Waals surface area contributed by atoms with Crippen LogP contribution in [0.15, 0.2) is 41.4 Å². The Labute approximate surface area is 197 Å². The Morgan fingerprint density at radius 2 is 1.81 bits per heavy atom. The second-order valence-electron chi connectivity index (χ2n) is 7.29. The van der Waals surface area contributed by atoms with Crippen LogP contribution in [0.5, 0.6) is 0 Å². The molecule has 0 radical (unpaired) electrons. The highest BCUT2D eigenvalue weighted by molar-refractivity contribution is 14.0. The molecule has 0 spiro atoms. The van der Waals surface area contributed by atoms with E-state index in [1.807, 2.05) is 6.07 Å². The molecule has 166 valence electrons. The number of benzene rings is 2. The maximum absolute atomic E-state index is 13.9. The topological polar surface area (TPSA) is 63.5 Å². The number of rotatable bonds is 5. The highest BCUT2D eigenvalue weighted by Gasteiger charge is 2.20. The van der Waals surface area contributed by atoms with Gasteiger partial charge in [-0.15, -0.1) is 24.0 Å². The van der Waals surface area contributed by atoms with Gasteiger partial charge in [0.2, 0.25) is 0 Å². The number of nitrogens with zero attached hydrogens (tertiary/aromatic N) is 3. The molecule has 9 heteroatoms. The summed E-state index contributed by atoms with van der Waals surface area (Å²) in [7, 11) is 1.65. The summed E-state index contributed by atoms with van der Waals surface area (Å²) in [5, 5.41) is 15.4. The first-order chi connectivity index (χ1) is 14.5. The van der Waals surface area contributed by atoms with Gasteiger partial charge in [-0.3, -0.25) is 9.89 Å². The van der Waals surface area contributed by atoms with Gasteiger partial charge in [-0.1, -0.05) is 6.07 Å². The lowest BCUT2D eigenvalue weighted by Gasteiger charge is -2.33. The molecule has 31 heavy (non-hydrogen) atoms. The van der Waals surface area contributed by atoms with Gasteiger partial charge < -0.3 is 10.6 Å². The lowest BCUT2D eigenvalue weighted by atomic mass is 10.0. The second kappa shape index (κ2) is 11.9. The summed E-state index contributed by atoms with van der Waals surface area (Å²) in [5.74, 6) is -1.46. The van der Waals surface area contributed by atoms with Crippen molar-refractivity contribution in [1.82, 2.24) is 15.5 Å². The number of halogens is 4. The van der Waals surface area contributed by atoms with Crippen LogP contribution in [0, 0.1) is 28.8 Å². The lowest BCUT2D eigenvalue weighted by molar-refractivity contribution is 0.198. The fraction of sp³-hybridized carbons (Fsp3) is 0.364. The molecule has 3 rings (SSSR count). The SMILES string of the molecule is CN=C(NCc1cc(C#N)ccc1F)NC1CCN(Cc2ccc(F)c(F)c2)CC1.I. The van der Waals surface area contributed by atoms with Crippen LogP contribution in [0.3, 0.4) is 0 Å². The summed E-state index contributed by atoms with van der Waals surface area (Å²) >= 11 is 0. The highest BCUT2D eigenvalue weighted by atomic mass is 127. The molecule has 1 fully saturated rings. The minimum atomic E-state index is -0.834. The maximum atomic E-state index is 13.9. The Morgan fingerprint density at radius 1 is 1.10 bits per heavy atom. The van der Waals surface area contributed by atoms with Gasteiger partial charge in [0.05, 0.1) is 11.6 Å². The molecule has 0 amide bonds. The van der Waals surface area contributed by atoms with Gasteiger partial charge in [0.15, 0.2) is 17.6 Å². The zero-order valence-electron chi connectivity index (χ0n) is 17.2. The fourth-order valence-electron chi connectivity index (χ4n) is 3.48. The molecule has 2 aromatic carbocycles. The molecule has 5 nitrogen and oxygen atoms in total. The molecule has 0 atom stereocenters. The summed E-state index contributed by atoms with van der Waals surface area (Å²) in [5.41, 5.74) is 1.56. The number of likely N-dealkylation sites (tertiary alicyclic amines) is 1. The van der Waals surface area contributed by atoms with Crippen LogP contribution in [0.4, 0.5) is 13.2 Å². The standard InChI is InChI=1S/C22H24F3N5.HI/c1-27-22(28-13-17-10-15(12-26)2-4-19(17)23)29-18-6-8-30(9-7-18)14-16-3-5-20(24)21(25)11-16;/h2-5,10-11,18H,6-9,13-14H2,1H3,(H2,27,28,29);1H. The van der Waals surface area contributed by atoms with E-state index in [-0.39, 0.29) is 42.4 Å². The normalized spacial score (nSPS) is 15.1. The van der Waals surface area contributed by atoms with Crippen molar-refractivity contribution >= 4 is 29.9 Å². The predicted molar refractivity (Wildman–Crippen MR) is 125 cm³/mol. The van der Waals surface area contributed by atoms with Gasteiger partial charge in [-0.05, 0) is 48.7 Å². The van der Waals surface area contributed by atoms with Crippen LogP contribution in [-0.2, 0) is 13.1 Å². The van der Waals surface area contributed by atoms with Crippen molar-refractivity contribution in [1.29, 1.82) is 5.26 Å². The number of nitrogens with one attached hydrogen (secondary N) is 2. The van der Waals surface area contributed by atoms with Gasteiger partial charge >= 0.3 is 0 Å². The number of guanidine groups is 1. The number of nitriles is 1. The van der Waals surface area contributed by atoms with Crippen molar-refractivity contribution in [2.75, 3.05) is 20.1 Å². The number of hydrogen-bond acceptors (Lipinski definition) is 3. The van der Waals surface area contributed by atoms with Crippen LogP contribution in [0.1, 0.15) is 29.5 Å². The van der Waals surface area contributed by atoms with Crippen molar-refractivity contribution in [3.05, 3.63) is 70.5 Å². The molecule has 0 unspecified atom stereocenters. The Hall–Kier alpha value is -2.32. The predicted octanol–water partition coefficient (Wildman–Crippen LogP) is 3.92. The maximum Gasteiger partial charge on any atom is 0.191 e. The Kier molecular flexibility index (Phi) is 9.58. The first kappa shape index (κ1) is 24.9. The Bertz CT molecular complexity index is 953. The third-order valence-electron chi connectivity index (χ3n) is 5.16. The van der Waals surface area contributed by atoms with E-state index in [4.69, 9.17) is 5.26 Å². The summed E-state index contributed by atoms with van der Waals surface area (Å²) < 4.78 is 40.4. The molecule has 1 aliphatic rings. The van der Waals surface area contributed by atoms with Gasteiger partial charge in [-0.2, -0.15) is 5.26 Å². The quantitative estimate of drug-likeness (QED) is 0.341. The largest absolute Gasteiger partial charge is 0.354 e. The van der Waals surface area contributed by atoms with E-state index in [1.165, 1.54) is 24.3 Å². The third-order valence-corrected chi connectivity index (χ3v) is 5.16. The fourth-order valence-corrected chi connectivity index (χ4v) is 3.48. The molecule has 2 aromatic rings.